The lowest BCUT2D eigenvalue weighted by Crippen LogP contribution is -2.13. The van der Waals surface area contributed by atoms with Crippen molar-refractivity contribution < 1.29 is 9.18 Å². The van der Waals surface area contributed by atoms with Crippen molar-refractivity contribution >= 4 is 40.5 Å². The molecule has 2 aromatic rings. The maximum absolute atomic E-state index is 13.6. The average molecular weight is 299 g/mol. The van der Waals surface area contributed by atoms with E-state index < -0.39 is 11.7 Å². The fourth-order valence-corrected chi connectivity index (χ4v) is 1.78. The van der Waals surface area contributed by atoms with E-state index in [0.29, 0.717) is 5.02 Å². The fraction of sp³-hybridized carbons (Fsp3) is 0. The molecule has 0 aromatic heterocycles. The van der Waals surface area contributed by atoms with Crippen molar-refractivity contribution in [2.24, 2.45) is 0 Å². The van der Waals surface area contributed by atoms with E-state index in [-0.39, 0.29) is 22.0 Å². The first-order valence-electron chi connectivity index (χ1n) is 5.29. The summed E-state index contributed by atoms with van der Waals surface area (Å²) in [5.74, 6) is -1.17. The van der Waals surface area contributed by atoms with Crippen molar-refractivity contribution in [1.29, 1.82) is 0 Å². The minimum Gasteiger partial charge on any atom is -0.396 e. The van der Waals surface area contributed by atoms with Crippen molar-refractivity contribution in [3.63, 3.8) is 0 Å². The Kier molecular flexibility index (Phi) is 3.93. The third-order valence-corrected chi connectivity index (χ3v) is 3.20. The number of nitrogens with one attached hydrogen (secondary N) is 1. The Morgan fingerprint density at radius 2 is 1.89 bits per heavy atom. The standard InChI is InChI=1S/C13H9Cl2FN2O/c14-8-5-4-7(6-9(8)15)13(19)18-11-3-1-2-10(17)12(11)16/h1-6H,17H2,(H,18,19). The first kappa shape index (κ1) is 13.6. The second-order valence-corrected chi connectivity index (χ2v) is 4.61. The van der Waals surface area contributed by atoms with E-state index in [0.717, 1.165) is 0 Å². The summed E-state index contributed by atoms with van der Waals surface area (Å²) < 4.78 is 13.6. The zero-order chi connectivity index (χ0) is 14.0. The summed E-state index contributed by atoms with van der Waals surface area (Å²) in [5, 5.41) is 3.01. The van der Waals surface area contributed by atoms with Gasteiger partial charge in [0.2, 0.25) is 0 Å². The van der Waals surface area contributed by atoms with Crippen LogP contribution in [-0.4, -0.2) is 5.91 Å². The molecule has 0 aliphatic carbocycles. The van der Waals surface area contributed by atoms with Gasteiger partial charge >= 0.3 is 0 Å². The molecule has 0 unspecified atom stereocenters. The number of carbonyl (C=O) groups is 1. The molecule has 3 N–H and O–H groups in total. The van der Waals surface area contributed by atoms with Gasteiger partial charge in [0.1, 0.15) is 0 Å². The second-order valence-electron chi connectivity index (χ2n) is 3.79. The van der Waals surface area contributed by atoms with Gasteiger partial charge in [0.15, 0.2) is 5.82 Å². The summed E-state index contributed by atoms with van der Waals surface area (Å²) in [6.07, 6.45) is 0. The van der Waals surface area contributed by atoms with Gasteiger partial charge in [-0.2, -0.15) is 0 Å². The van der Waals surface area contributed by atoms with Gasteiger partial charge in [-0.1, -0.05) is 29.3 Å². The summed E-state index contributed by atoms with van der Waals surface area (Å²) in [4.78, 5) is 11.9. The van der Waals surface area contributed by atoms with Crippen LogP contribution in [0.25, 0.3) is 0 Å². The minimum absolute atomic E-state index is 0.0103. The van der Waals surface area contributed by atoms with Gasteiger partial charge < -0.3 is 11.1 Å². The van der Waals surface area contributed by atoms with E-state index in [4.69, 9.17) is 28.9 Å². The number of nitrogen functional groups attached to an aromatic ring is 1. The minimum atomic E-state index is -0.670. The number of halogens is 3. The molecule has 1 amide bonds. The molecule has 2 rings (SSSR count). The lowest BCUT2D eigenvalue weighted by atomic mass is 10.2. The molecule has 6 heteroatoms. The molecule has 0 aliphatic rings. The van der Waals surface area contributed by atoms with Crippen molar-refractivity contribution in [1.82, 2.24) is 0 Å². The maximum atomic E-state index is 13.6. The average Bonchev–Trinajstić information content (AvgIpc) is 2.38. The Bertz CT molecular complexity index is 647. The first-order valence-corrected chi connectivity index (χ1v) is 6.05. The van der Waals surface area contributed by atoms with Crippen LogP contribution < -0.4 is 11.1 Å². The van der Waals surface area contributed by atoms with Crippen LogP contribution in [0.15, 0.2) is 36.4 Å². The number of carbonyl (C=O) groups excluding carboxylic acids is 1. The molecule has 0 saturated heterocycles. The molecule has 0 saturated carbocycles. The molecule has 3 nitrogen and oxygen atoms in total. The van der Waals surface area contributed by atoms with E-state index in [9.17, 15) is 9.18 Å². The molecular weight excluding hydrogens is 290 g/mol. The summed E-state index contributed by atoms with van der Waals surface area (Å²) in [6.45, 7) is 0. The third-order valence-electron chi connectivity index (χ3n) is 2.46. The molecular formula is C13H9Cl2FN2O. The fourth-order valence-electron chi connectivity index (χ4n) is 1.48. The summed E-state index contributed by atoms with van der Waals surface area (Å²) >= 11 is 11.6. The monoisotopic (exact) mass is 298 g/mol. The Labute approximate surface area is 119 Å². The van der Waals surface area contributed by atoms with Gasteiger partial charge in [0.05, 0.1) is 21.4 Å². The van der Waals surface area contributed by atoms with Crippen molar-refractivity contribution in [3.8, 4) is 0 Å². The third kappa shape index (κ3) is 2.97. The number of benzene rings is 2. The van der Waals surface area contributed by atoms with Gasteiger partial charge in [-0.25, -0.2) is 4.39 Å². The highest BCUT2D eigenvalue weighted by Gasteiger charge is 2.12. The van der Waals surface area contributed by atoms with Crippen LogP contribution in [-0.2, 0) is 0 Å². The predicted octanol–water partition coefficient (Wildman–Crippen LogP) is 3.97. The zero-order valence-corrected chi connectivity index (χ0v) is 11.1. The summed E-state index contributed by atoms with van der Waals surface area (Å²) in [5.41, 5.74) is 5.66. The Morgan fingerprint density at radius 1 is 1.16 bits per heavy atom. The summed E-state index contributed by atoms with van der Waals surface area (Å²) in [7, 11) is 0. The highest BCUT2D eigenvalue weighted by atomic mass is 35.5. The number of rotatable bonds is 2. The normalized spacial score (nSPS) is 10.3. The quantitative estimate of drug-likeness (QED) is 0.824. The lowest BCUT2D eigenvalue weighted by molar-refractivity contribution is 0.102. The Balaban J connectivity index is 2.26. The van der Waals surface area contributed by atoms with E-state index >= 15 is 0 Å². The molecule has 0 spiro atoms. The molecule has 0 bridgehead atoms. The SMILES string of the molecule is Nc1cccc(NC(=O)c2ccc(Cl)c(Cl)c2)c1F. The van der Waals surface area contributed by atoms with Crippen LogP contribution >= 0.6 is 23.2 Å². The number of anilines is 2. The van der Waals surface area contributed by atoms with Gasteiger partial charge in [-0.15, -0.1) is 0 Å². The molecule has 0 aliphatic heterocycles. The van der Waals surface area contributed by atoms with E-state index in [1.54, 1.807) is 6.07 Å². The molecule has 0 fully saturated rings. The van der Waals surface area contributed by atoms with Crippen LogP contribution in [0.5, 0.6) is 0 Å². The number of hydrogen-bond acceptors (Lipinski definition) is 2. The lowest BCUT2D eigenvalue weighted by Gasteiger charge is -2.08. The van der Waals surface area contributed by atoms with Crippen LogP contribution in [0, 0.1) is 5.82 Å². The van der Waals surface area contributed by atoms with Crippen LogP contribution in [0.1, 0.15) is 10.4 Å². The largest absolute Gasteiger partial charge is 0.396 e. The van der Waals surface area contributed by atoms with Crippen molar-refractivity contribution in [2.45, 2.75) is 0 Å². The van der Waals surface area contributed by atoms with Crippen LogP contribution in [0.3, 0.4) is 0 Å². The van der Waals surface area contributed by atoms with E-state index in [1.807, 2.05) is 0 Å². The van der Waals surface area contributed by atoms with E-state index in [2.05, 4.69) is 5.32 Å². The van der Waals surface area contributed by atoms with Crippen LogP contribution in [0.2, 0.25) is 10.0 Å². The summed E-state index contributed by atoms with van der Waals surface area (Å²) in [6, 6.07) is 8.76. The van der Waals surface area contributed by atoms with Gasteiger partial charge in [0.25, 0.3) is 5.91 Å². The number of nitrogens with two attached hydrogens (primary N) is 1. The number of amides is 1. The second kappa shape index (κ2) is 5.47. The molecule has 98 valence electrons. The number of hydrogen-bond donors (Lipinski definition) is 2. The molecule has 0 heterocycles. The molecule has 2 aromatic carbocycles. The highest BCUT2D eigenvalue weighted by Crippen LogP contribution is 2.24. The van der Waals surface area contributed by atoms with Gasteiger partial charge in [-0.05, 0) is 30.3 Å². The molecule has 0 radical (unpaired) electrons. The smallest absolute Gasteiger partial charge is 0.255 e. The molecule has 19 heavy (non-hydrogen) atoms. The topological polar surface area (TPSA) is 55.1 Å². The van der Waals surface area contributed by atoms with Crippen molar-refractivity contribution in [3.05, 3.63) is 57.8 Å². The van der Waals surface area contributed by atoms with Gasteiger partial charge in [-0.3, -0.25) is 4.79 Å². The van der Waals surface area contributed by atoms with Crippen LogP contribution in [0.4, 0.5) is 15.8 Å². The predicted molar refractivity (Wildman–Crippen MR) is 75.2 cm³/mol. The Morgan fingerprint density at radius 3 is 2.58 bits per heavy atom. The van der Waals surface area contributed by atoms with E-state index in [1.165, 1.54) is 30.3 Å². The first-order chi connectivity index (χ1) is 8.99. The Hall–Kier alpha value is -1.78. The maximum Gasteiger partial charge on any atom is 0.255 e. The molecule has 0 atom stereocenters. The zero-order valence-electron chi connectivity index (χ0n) is 9.58. The van der Waals surface area contributed by atoms with Crippen molar-refractivity contribution in [2.75, 3.05) is 11.1 Å². The van der Waals surface area contributed by atoms with Gasteiger partial charge in [0, 0.05) is 5.56 Å². The highest BCUT2D eigenvalue weighted by molar-refractivity contribution is 6.42.